The Kier molecular flexibility index (Phi) is 4.68. The van der Waals surface area contributed by atoms with E-state index in [4.69, 9.17) is 23.2 Å². The normalized spacial score (nSPS) is 10.4. The lowest BCUT2D eigenvalue weighted by atomic mass is 10.2. The van der Waals surface area contributed by atoms with Crippen LogP contribution in [0.5, 0.6) is 0 Å². The molecule has 0 bridgehead atoms. The molecule has 1 N–H and O–H groups in total. The maximum Gasteiger partial charge on any atom is 0.154 e. The van der Waals surface area contributed by atoms with Crippen LogP contribution in [0.2, 0.25) is 10.0 Å². The Balaban J connectivity index is 2.48. The Bertz CT molecular complexity index is 602. The molecule has 0 aliphatic heterocycles. The monoisotopic (exact) mass is 313 g/mol. The molecular weight excluding hydrogens is 300 g/mol. The van der Waals surface area contributed by atoms with Crippen molar-refractivity contribution in [1.29, 1.82) is 0 Å². The Hall–Kier alpha value is -1.52. The maximum atomic E-state index is 13.0. The molecule has 1 aromatic carbocycles. The van der Waals surface area contributed by atoms with Crippen molar-refractivity contribution >= 4 is 40.5 Å². The number of anilines is 3. The van der Waals surface area contributed by atoms with Crippen LogP contribution in [0.15, 0.2) is 30.3 Å². The Labute approximate surface area is 127 Å². The van der Waals surface area contributed by atoms with Gasteiger partial charge in [-0.3, -0.25) is 0 Å². The van der Waals surface area contributed by atoms with E-state index in [2.05, 4.69) is 10.3 Å². The predicted molar refractivity (Wildman–Crippen MR) is 82.9 cm³/mol. The molecule has 0 fully saturated rings. The van der Waals surface area contributed by atoms with Crippen molar-refractivity contribution in [2.24, 2.45) is 0 Å². The second-order valence-corrected chi connectivity index (χ2v) is 4.91. The number of aromatic nitrogens is 1. The van der Waals surface area contributed by atoms with Crippen LogP contribution in [-0.2, 0) is 0 Å². The first kappa shape index (κ1) is 14.9. The zero-order valence-electron chi connectivity index (χ0n) is 11.1. The SMILES string of the molecule is CCN(c1ccc(F)cc1)c1nc(NC)c(Cl)cc1Cl. The summed E-state index contributed by atoms with van der Waals surface area (Å²) in [5.41, 5.74) is 0.813. The van der Waals surface area contributed by atoms with E-state index in [9.17, 15) is 4.39 Å². The van der Waals surface area contributed by atoms with Gasteiger partial charge in [0.1, 0.15) is 11.6 Å². The molecule has 0 amide bonds. The first-order valence-electron chi connectivity index (χ1n) is 6.13. The highest BCUT2D eigenvalue weighted by Gasteiger charge is 2.15. The van der Waals surface area contributed by atoms with Crippen molar-refractivity contribution in [1.82, 2.24) is 4.98 Å². The third-order valence-electron chi connectivity index (χ3n) is 2.86. The number of hydrogen-bond acceptors (Lipinski definition) is 3. The zero-order valence-corrected chi connectivity index (χ0v) is 12.6. The van der Waals surface area contributed by atoms with Crippen LogP contribution in [0.25, 0.3) is 0 Å². The van der Waals surface area contributed by atoms with Gasteiger partial charge >= 0.3 is 0 Å². The molecule has 0 aliphatic rings. The molecule has 2 aromatic rings. The van der Waals surface area contributed by atoms with Crippen molar-refractivity contribution in [3.05, 3.63) is 46.2 Å². The van der Waals surface area contributed by atoms with Crippen molar-refractivity contribution < 1.29 is 4.39 Å². The molecule has 0 saturated carbocycles. The summed E-state index contributed by atoms with van der Waals surface area (Å²) in [5, 5.41) is 3.81. The van der Waals surface area contributed by atoms with Crippen molar-refractivity contribution in [2.75, 3.05) is 23.8 Å². The van der Waals surface area contributed by atoms with E-state index >= 15 is 0 Å². The minimum absolute atomic E-state index is 0.282. The zero-order chi connectivity index (χ0) is 14.7. The van der Waals surface area contributed by atoms with E-state index in [0.29, 0.717) is 28.2 Å². The standard InChI is InChI=1S/C14H14Cl2FN3/c1-3-20(10-6-4-9(17)5-7-10)14-12(16)8-11(15)13(18-2)19-14/h4-8H,3H2,1-2H3,(H,18,19). The van der Waals surface area contributed by atoms with Crippen LogP contribution < -0.4 is 10.2 Å². The van der Waals surface area contributed by atoms with Gasteiger partial charge in [0.25, 0.3) is 0 Å². The van der Waals surface area contributed by atoms with Crippen LogP contribution in [0, 0.1) is 5.82 Å². The first-order chi connectivity index (χ1) is 9.56. The van der Waals surface area contributed by atoms with Gasteiger partial charge in [-0.2, -0.15) is 0 Å². The molecule has 0 atom stereocenters. The second kappa shape index (κ2) is 6.29. The summed E-state index contributed by atoms with van der Waals surface area (Å²) in [5.74, 6) is 0.844. The van der Waals surface area contributed by atoms with Crippen molar-refractivity contribution in [3.63, 3.8) is 0 Å². The molecule has 3 nitrogen and oxygen atoms in total. The number of nitrogens with one attached hydrogen (secondary N) is 1. The fraction of sp³-hybridized carbons (Fsp3) is 0.214. The molecule has 6 heteroatoms. The molecule has 0 spiro atoms. The highest BCUT2D eigenvalue weighted by Crippen LogP contribution is 2.34. The van der Waals surface area contributed by atoms with Crippen LogP contribution >= 0.6 is 23.2 Å². The fourth-order valence-electron chi connectivity index (χ4n) is 1.90. The summed E-state index contributed by atoms with van der Waals surface area (Å²) in [7, 11) is 1.74. The van der Waals surface area contributed by atoms with Crippen LogP contribution in [0.1, 0.15) is 6.92 Å². The lowest BCUT2D eigenvalue weighted by Gasteiger charge is -2.24. The summed E-state index contributed by atoms with van der Waals surface area (Å²) in [6.45, 7) is 2.61. The highest BCUT2D eigenvalue weighted by atomic mass is 35.5. The number of benzene rings is 1. The molecule has 106 valence electrons. The maximum absolute atomic E-state index is 13.0. The smallest absolute Gasteiger partial charge is 0.154 e. The van der Waals surface area contributed by atoms with E-state index < -0.39 is 0 Å². The summed E-state index contributed by atoms with van der Waals surface area (Å²) >= 11 is 12.3. The first-order valence-corrected chi connectivity index (χ1v) is 6.89. The third kappa shape index (κ3) is 2.97. The van der Waals surface area contributed by atoms with Gasteiger partial charge < -0.3 is 10.2 Å². The third-order valence-corrected chi connectivity index (χ3v) is 3.42. The van der Waals surface area contributed by atoms with Crippen LogP contribution in [0.3, 0.4) is 0 Å². The second-order valence-electron chi connectivity index (χ2n) is 4.09. The van der Waals surface area contributed by atoms with Gasteiger partial charge in [-0.25, -0.2) is 9.37 Å². The fourth-order valence-corrected chi connectivity index (χ4v) is 2.45. The summed E-state index contributed by atoms with van der Waals surface area (Å²) < 4.78 is 13.0. The minimum Gasteiger partial charge on any atom is -0.372 e. The molecule has 20 heavy (non-hydrogen) atoms. The summed E-state index contributed by atoms with van der Waals surface area (Å²) in [4.78, 5) is 6.31. The lowest BCUT2D eigenvalue weighted by Crippen LogP contribution is -2.18. The topological polar surface area (TPSA) is 28.2 Å². The van der Waals surface area contributed by atoms with Crippen molar-refractivity contribution in [2.45, 2.75) is 6.92 Å². The van der Waals surface area contributed by atoms with Crippen LogP contribution in [0.4, 0.5) is 21.7 Å². The van der Waals surface area contributed by atoms with E-state index in [0.717, 1.165) is 5.69 Å². The highest BCUT2D eigenvalue weighted by molar-refractivity contribution is 6.37. The van der Waals surface area contributed by atoms with Gasteiger partial charge in [-0.15, -0.1) is 0 Å². The Morgan fingerprint density at radius 2 is 1.85 bits per heavy atom. The van der Waals surface area contributed by atoms with Gasteiger partial charge in [0.2, 0.25) is 0 Å². The lowest BCUT2D eigenvalue weighted by molar-refractivity contribution is 0.628. The molecule has 0 unspecified atom stereocenters. The molecule has 1 heterocycles. The van der Waals surface area contributed by atoms with E-state index in [1.54, 1.807) is 25.2 Å². The van der Waals surface area contributed by atoms with Crippen LogP contribution in [-0.4, -0.2) is 18.6 Å². The number of halogens is 3. The predicted octanol–water partition coefficient (Wildman–Crippen LogP) is 4.73. The van der Waals surface area contributed by atoms with E-state index in [1.807, 2.05) is 11.8 Å². The number of hydrogen-bond donors (Lipinski definition) is 1. The molecule has 1 aromatic heterocycles. The average molecular weight is 314 g/mol. The molecule has 2 rings (SSSR count). The Morgan fingerprint density at radius 1 is 1.20 bits per heavy atom. The van der Waals surface area contributed by atoms with Gasteiger partial charge in [-0.05, 0) is 37.3 Å². The number of nitrogens with zero attached hydrogens (tertiary/aromatic N) is 2. The number of pyridine rings is 1. The van der Waals surface area contributed by atoms with Gasteiger partial charge in [-0.1, -0.05) is 23.2 Å². The summed E-state index contributed by atoms with van der Waals surface area (Å²) in [6, 6.07) is 7.82. The quantitative estimate of drug-likeness (QED) is 0.884. The minimum atomic E-state index is -0.282. The molecule has 0 saturated heterocycles. The van der Waals surface area contributed by atoms with Gasteiger partial charge in [0.15, 0.2) is 5.82 Å². The molecular formula is C14H14Cl2FN3. The average Bonchev–Trinajstić information content (AvgIpc) is 2.43. The summed E-state index contributed by atoms with van der Waals surface area (Å²) in [6.07, 6.45) is 0. The van der Waals surface area contributed by atoms with Gasteiger partial charge in [0, 0.05) is 19.3 Å². The van der Waals surface area contributed by atoms with Gasteiger partial charge in [0.05, 0.1) is 10.0 Å². The van der Waals surface area contributed by atoms with E-state index in [1.165, 1.54) is 12.1 Å². The van der Waals surface area contributed by atoms with Crippen molar-refractivity contribution in [3.8, 4) is 0 Å². The largest absolute Gasteiger partial charge is 0.372 e. The Morgan fingerprint density at radius 3 is 2.40 bits per heavy atom. The number of rotatable bonds is 4. The molecule has 0 aliphatic carbocycles. The van der Waals surface area contributed by atoms with E-state index in [-0.39, 0.29) is 5.82 Å². The molecule has 0 radical (unpaired) electrons.